The van der Waals surface area contributed by atoms with Crippen LogP contribution < -0.4 is 5.32 Å². The lowest BCUT2D eigenvalue weighted by Crippen LogP contribution is -2.47. The largest absolute Gasteiger partial charge is 0.378 e. The van der Waals surface area contributed by atoms with Crippen LogP contribution in [0.4, 0.5) is 9.59 Å². The smallest absolute Gasteiger partial charge is 0.320 e. The van der Waals surface area contributed by atoms with Crippen LogP contribution in [0.2, 0.25) is 8.67 Å². The number of carbonyl (C=O) groups is 4. The lowest BCUT2D eigenvalue weighted by molar-refractivity contribution is 0.0450. The van der Waals surface area contributed by atoms with E-state index in [2.05, 4.69) is 28.6 Å². The van der Waals surface area contributed by atoms with Gasteiger partial charge >= 0.3 is 11.4 Å². The molecule has 4 aliphatic rings. The second kappa shape index (κ2) is 23.1. The number of ether oxygens (including phenoxy) is 2. The highest BCUT2D eigenvalue weighted by Gasteiger charge is 2.34. The predicted octanol–water partition coefficient (Wildman–Crippen LogP) is 9.13. The number of rotatable bonds is 8. The molecule has 0 aliphatic carbocycles. The van der Waals surface area contributed by atoms with Crippen molar-refractivity contribution in [1.82, 2.24) is 39.6 Å². The highest BCUT2D eigenvalue weighted by Crippen LogP contribution is 2.31. The molecule has 65 heavy (non-hydrogen) atoms. The summed E-state index contributed by atoms with van der Waals surface area (Å²) in [6, 6.07) is 12.2. The number of aromatic nitrogens is 4. The molecule has 4 aliphatic heterocycles. The maximum absolute atomic E-state index is 13.1. The van der Waals surface area contributed by atoms with Gasteiger partial charge in [0.25, 0.3) is 11.8 Å². The molecular weight excluding hydrogens is 931 g/mol. The van der Waals surface area contributed by atoms with Crippen LogP contribution in [0.5, 0.6) is 0 Å². The van der Waals surface area contributed by atoms with Gasteiger partial charge in [-0.1, -0.05) is 64.7 Å². The van der Waals surface area contributed by atoms with E-state index in [9.17, 15) is 19.2 Å². The highest BCUT2D eigenvalue weighted by molar-refractivity contribution is 7.16. The molecule has 2 unspecified atom stereocenters. The molecule has 4 fully saturated rings. The summed E-state index contributed by atoms with van der Waals surface area (Å²) in [6.45, 7) is 19.8. The van der Waals surface area contributed by atoms with Gasteiger partial charge in [-0.05, 0) is 93.1 Å². The van der Waals surface area contributed by atoms with Crippen molar-refractivity contribution in [2.75, 3.05) is 78.8 Å². The van der Waals surface area contributed by atoms with E-state index >= 15 is 0 Å². The molecule has 19 heteroatoms. The number of nitrogens with zero attached hydrogens (tertiary/aromatic N) is 7. The first-order valence-corrected chi connectivity index (χ1v) is 25.2. The van der Waals surface area contributed by atoms with Gasteiger partial charge in [-0.15, -0.1) is 22.7 Å². The van der Waals surface area contributed by atoms with Gasteiger partial charge in [-0.2, -0.15) is 10.2 Å². The van der Waals surface area contributed by atoms with Crippen LogP contribution in [0, 0.1) is 10.8 Å². The third-order valence-electron chi connectivity index (χ3n) is 11.7. The molecule has 356 valence electrons. The predicted molar refractivity (Wildman–Crippen MR) is 259 cm³/mol. The Morgan fingerprint density at radius 1 is 0.662 bits per heavy atom. The molecule has 14 nitrogen and oxygen atoms in total. The van der Waals surface area contributed by atoms with Crippen molar-refractivity contribution < 1.29 is 28.7 Å². The molecule has 2 atom stereocenters. The zero-order valence-electron chi connectivity index (χ0n) is 38.4. The molecule has 8 rings (SSSR count). The number of halogens is 3. The van der Waals surface area contributed by atoms with Crippen LogP contribution >= 0.6 is 57.5 Å². The lowest BCUT2D eigenvalue weighted by Gasteiger charge is -2.30. The number of amides is 3. The van der Waals surface area contributed by atoms with Crippen LogP contribution in [-0.2, 0) is 35.2 Å². The van der Waals surface area contributed by atoms with Crippen molar-refractivity contribution in [3.63, 3.8) is 0 Å². The van der Waals surface area contributed by atoms with E-state index in [0.29, 0.717) is 71.6 Å². The topological polar surface area (TPSA) is 144 Å². The zero-order chi connectivity index (χ0) is 46.9. The average Bonchev–Trinajstić information content (AvgIpc) is 4.15. The van der Waals surface area contributed by atoms with Crippen LogP contribution in [0.3, 0.4) is 0 Å². The first-order valence-electron chi connectivity index (χ1n) is 22.5. The molecule has 4 aromatic rings. The molecule has 0 spiro atoms. The maximum Gasteiger partial charge on any atom is 0.320 e. The van der Waals surface area contributed by atoms with Crippen LogP contribution in [0.25, 0.3) is 0 Å². The maximum atomic E-state index is 13.1. The minimum Gasteiger partial charge on any atom is -0.378 e. The molecule has 0 bridgehead atoms. The second-order valence-electron chi connectivity index (χ2n) is 18.8. The summed E-state index contributed by atoms with van der Waals surface area (Å²) < 4.78 is 15.2. The number of hydrogen-bond donors (Lipinski definition) is 1. The van der Waals surface area contributed by atoms with Crippen molar-refractivity contribution in [2.24, 2.45) is 10.8 Å². The second-order valence-corrected chi connectivity index (χ2v) is 22.7. The Kier molecular flexibility index (Phi) is 18.1. The van der Waals surface area contributed by atoms with Gasteiger partial charge in [0, 0.05) is 89.6 Å². The first-order chi connectivity index (χ1) is 30.9. The monoisotopic (exact) mass is 992 g/mol. The Balaban J connectivity index is 0.000000186. The van der Waals surface area contributed by atoms with Crippen molar-refractivity contribution in [2.45, 2.75) is 91.9 Å². The molecule has 0 saturated carbocycles. The minimum atomic E-state index is -0.529. The standard InChI is InChI=1S/C23H31ClN4O3S.C18H24ClN3OS.C5H8ClNO2/c1-23(2,3)21(29)28-17(4-5-18-6-7-20(24)32-18)14-19(25-28)16-8-9-27(15-16)22(30)26-10-12-31-13-11-26;1-18(2,3)17(23)22-13(4-5-14-6-7-16(19)24-14)10-15(21-22)12-8-9-20-11-12;6-5(8)7-1-3-9-4-2-7/h6-7,14,16H,4-5,8-13,15H2,1-3H3;6-7,10,12,20H,4-5,8-9,11H2,1-3H3;1-4H2. The Hall–Kier alpha value is -3.35. The SMILES string of the molecule is CC(C)(C)C(=O)n1nc(C2CCN(C(=O)N3CCOCC3)C2)cc1CCc1ccc(Cl)s1.CC(C)(C)C(=O)n1nc(C2CCNC2)cc1CCc1ccc(Cl)s1.O=C(Cl)N1CCOCC1. The minimum absolute atomic E-state index is 0.0118. The van der Waals surface area contributed by atoms with Crippen molar-refractivity contribution >= 4 is 80.7 Å². The van der Waals surface area contributed by atoms with Crippen LogP contribution in [-0.4, -0.2) is 136 Å². The van der Waals surface area contributed by atoms with Gasteiger partial charge in [0.05, 0.1) is 46.5 Å². The third-order valence-corrected chi connectivity index (χ3v) is 14.5. The molecule has 3 amide bonds. The van der Waals surface area contributed by atoms with Gasteiger partial charge in [-0.25, -0.2) is 14.2 Å². The Morgan fingerprint density at radius 3 is 1.54 bits per heavy atom. The fourth-order valence-corrected chi connectivity index (χ4v) is 10.2. The normalized spacial score (nSPS) is 19.1. The Bertz CT molecular complexity index is 2230. The Morgan fingerprint density at radius 2 is 1.14 bits per heavy atom. The van der Waals surface area contributed by atoms with Crippen molar-refractivity contribution in [1.29, 1.82) is 0 Å². The van der Waals surface area contributed by atoms with Gasteiger partial charge < -0.3 is 29.5 Å². The summed E-state index contributed by atoms with van der Waals surface area (Å²) in [5, 5.41) is 12.4. The number of carbonyl (C=O) groups excluding carboxylic acids is 4. The van der Waals surface area contributed by atoms with Crippen molar-refractivity contribution in [3.05, 3.63) is 77.6 Å². The fraction of sp³-hybridized carbons (Fsp3) is 0.609. The number of likely N-dealkylation sites (tertiary alicyclic amines) is 1. The summed E-state index contributed by atoms with van der Waals surface area (Å²) in [5.41, 5.74) is 2.89. The third kappa shape index (κ3) is 14.3. The van der Waals surface area contributed by atoms with E-state index < -0.39 is 10.8 Å². The van der Waals surface area contributed by atoms with Crippen LogP contribution in [0.1, 0.15) is 108 Å². The summed E-state index contributed by atoms with van der Waals surface area (Å²) in [6.07, 6.45) is 5.15. The summed E-state index contributed by atoms with van der Waals surface area (Å²) in [5.74, 6) is 0.596. The molecule has 0 aromatic carbocycles. The Labute approximate surface area is 405 Å². The van der Waals surface area contributed by atoms with Gasteiger partial charge in [0.15, 0.2) is 0 Å². The molecule has 4 saturated heterocycles. The van der Waals surface area contributed by atoms with Crippen LogP contribution in [0.15, 0.2) is 36.4 Å². The number of hydrogen-bond acceptors (Lipinski definition) is 11. The summed E-state index contributed by atoms with van der Waals surface area (Å²) in [4.78, 5) is 57.0. The van der Waals surface area contributed by atoms with E-state index in [1.165, 1.54) is 9.75 Å². The van der Waals surface area contributed by atoms with E-state index in [4.69, 9.17) is 49.4 Å². The quantitative estimate of drug-likeness (QED) is 0.135. The number of aryl methyl sites for hydroxylation is 4. The number of morpholine rings is 2. The average molecular weight is 995 g/mol. The summed E-state index contributed by atoms with van der Waals surface area (Å²) >= 11 is 20.4. The number of thiophene rings is 2. The molecular formula is C46H63Cl3N8O6S2. The zero-order valence-corrected chi connectivity index (χ0v) is 42.3. The van der Waals surface area contributed by atoms with E-state index in [1.807, 2.05) is 69.5 Å². The molecule has 1 N–H and O–H groups in total. The van der Waals surface area contributed by atoms with E-state index in [-0.39, 0.29) is 29.1 Å². The molecule has 8 heterocycles. The highest BCUT2D eigenvalue weighted by atomic mass is 35.5. The van der Waals surface area contributed by atoms with Gasteiger partial charge in [0.1, 0.15) is 0 Å². The van der Waals surface area contributed by atoms with Gasteiger partial charge in [0.2, 0.25) is 0 Å². The first kappa shape index (κ1) is 51.0. The summed E-state index contributed by atoms with van der Waals surface area (Å²) in [7, 11) is 0. The number of nitrogens with one attached hydrogen (secondary N) is 1. The molecule has 4 aromatic heterocycles. The molecule has 0 radical (unpaired) electrons. The van der Waals surface area contributed by atoms with E-state index in [1.54, 1.807) is 36.9 Å². The van der Waals surface area contributed by atoms with Gasteiger partial charge in [-0.3, -0.25) is 14.4 Å². The number of urea groups is 1. The fourth-order valence-electron chi connectivity index (χ4n) is 7.87. The van der Waals surface area contributed by atoms with E-state index in [0.717, 1.165) is 83.1 Å². The van der Waals surface area contributed by atoms with Crippen molar-refractivity contribution in [3.8, 4) is 0 Å². The lowest BCUT2D eigenvalue weighted by atomic mass is 9.95.